The second kappa shape index (κ2) is 16.6. The standard InChI is InChI=1S/C31H41BrN6O5S/c1-21(2)19-38(44(42,43)26-13-11-24(33)12-14-26)25(20-39)9-6-7-15-34-30(40)28(16-23-8-4-5-10-27(23)32)37-31(41)29-18-35-22(3)17-36-29/h4-5,8,10-14,17-18,21,25,28,39H,6-7,9,15-16,19-20,33H2,1-3H3,(H,34,40)(H,37,41)/t25-,28+/m0/s1. The predicted molar refractivity (Wildman–Crippen MR) is 173 cm³/mol. The number of unbranched alkanes of at least 4 members (excludes halogenated alkanes) is 1. The van der Waals surface area contributed by atoms with E-state index in [1.54, 1.807) is 6.92 Å². The molecule has 0 radical (unpaired) electrons. The second-order valence-electron chi connectivity index (χ2n) is 11.0. The van der Waals surface area contributed by atoms with Gasteiger partial charge in [0.05, 0.1) is 23.4 Å². The number of aliphatic hydroxyl groups is 1. The zero-order valence-electron chi connectivity index (χ0n) is 25.2. The van der Waals surface area contributed by atoms with Gasteiger partial charge in [-0.2, -0.15) is 4.31 Å². The fourth-order valence-electron chi connectivity index (χ4n) is 4.58. The van der Waals surface area contributed by atoms with Crippen LogP contribution < -0.4 is 16.4 Å². The van der Waals surface area contributed by atoms with Crippen molar-refractivity contribution < 1.29 is 23.1 Å². The number of nitrogens with one attached hydrogen (secondary N) is 2. The van der Waals surface area contributed by atoms with Crippen LogP contribution in [0.3, 0.4) is 0 Å². The number of hydrogen-bond acceptors (Lipinski definition) is 8. The number of nitrogens with zero attached hydrogens (tertiary/aromatic N) is 3. The highest BCUT2D eigenvalue weighted by atomic mass is 79.9. The van der Waals surface area contributed by atoms with Gasteiger partial charge in [0.15, 0.2) is 0 Å². The minimum absolute atomic E-state index is 0.0366. The Kier molecular flexibility index (Phi) is 13.3. The lowest BCUT2D eigenvalue weighted by Gasteiger charge is -2.31. The Balaban J connectivity index is 1.63. The summed E-state index contributed by atoms with van der Waals surface area (Å²) in [7, 11) is -3.87. The van der Waals surface area contributed by atoms with Gasteiger partial charge in [-0.25, -0.2) is 13.4 Å². The molecule has 238 valence electrons. The van der Waals surface area contributed by atoms with E-state index in [-0.39, 0.29) is 42.0 Å². The molecular weight excluding hydrogens is 648 g/mol. The van der Waals surface area contributed by atoms with E-state index in [9.17, 15) is 23.1 Å². The smallest absolute Gasteiger partial charge is 0.272 e. The van der Waals surface area contributed by atoms with Crippen molar-refractivity contribution in [2.45, 2.75) is 63.4 Å². The highest BCUT2D eigenvalue weighted by Crippen LogP contribution is 2.23. The molecule has 0 spiro atoms. The minimum atomic E-state index is -3.87. The minimum Gasteiger partial charge on any atom is -0.399 e. The van der Waals surface area contributed by atoms with E-state index in [1.165, 1.54) is 41.0 Å². The highest BCUT2D eigenvalue weighted by Gasteiger charge is 2.31. The largest absolute Gasteiger partial charge is 0.399 e. The summed E-state index contributed by atoms with van der Waals surface area (Å²) in [6, 6.07) is 12.0. The summed E-state index contributed by atoms with van der Waals surface area (Å²) >= 11 is 3.51. The van der Waals surface area contributed by atoms with Crippen molar-refractivity contribution in [1.82, 2.24) is 24.9 Å². The first-order valence-electron chi connectivity index (χ1n) is 14.5. The van der Waals surface area contributed by atoms with Crippen LogP contribution in [-0.2, 0) is 21.2 Å². The van der Waals surface area contributed by atoms with Crippen LogP contribution in [0.1, 0.15) is 54.9 Å². The van der Waals surface area contributed by atoms with Crippen molar-refractivity contribution in [2.75, 3.05) is 25.4 Å². The van der Waals surface area contributed by atoms with Gasteiger partial charge in [-0.15, -0.1) is 0 Å². The van der Waals surface area contributed by atoms with Gasteiger partial charge in [0, 0.05) is 41.9 Å². The van der Waals surface area contributed by atoms with E-state index in [0.717, 1.165) is 10.0 Å². The molecule has 2 atom stereocenters. The fourth-order valence-corrected chi connectivity index (χ4v) is 6.84. The number of hydrogen-bond donors (Lipinski definition) is 4. The Morgan fingerprint density at radius 1 is 1.05 bits per heavy atom. The molecular formula is C31H41BrN6O5S. The monoisotopic (exact) mass is 688 g/mol. The third-order valence-electron chi connectivity index (χ3n) is 6.93. The summed E-state index contributed by atoms with van der Waals surface area (Å²) in [4.78, 5) is 34.5. The van der Waals surface area contributed by atoms with Crippen molar-refractivity contribution in [3.05, 3.63) is 82.3 Å². The molecule has 1 heterocycles. The molecule has 0 saturated heterocycles. The van der Waals surface area contributed by atoms with E-state index in [0.29, 0.717) is 37.2 Å². The Morgan fingerprint density at radius 3 is 2.36 bits per heavy atom. The number of carbonyl (C=O) groups excluding carboxylic acids is 2. The van der Waals surface area contributed by atoms with Crippen LogP contribution in [-0.4, -0.2) is 71.4 Å². The SMILES string of the molecule is Cc1cnc(C(=O)N[C@H](Cc2ccccc2Br)C(=O)NCCCC[C@@H](CO)N(CC(C)C)S(=O)(=O)c2ccc(N)cc2)cn1. The van der Waals surface area contributed by atoms with Crippen LogP contribution in [0.25, 0.3) is 0 Å². The zero-order chi connectivity index (χ0) is 32.3. The lowest BCUT2D eigenvalue weighted by Crippen LogP contribution is -2.48. The lowest BCUT2D eigenvalue weighted by atomic mass is 10.0. The number of aromatic nitrogens is 2. The molecule has 2 aromatic carbocycles. The Bertz CT molecular complexity index is 1490. The molecule has 1 aromatic heterocycles. The van der Waals surface area contributed by atoms with E-state index in [1.807, 2.05) is 38.1 Å². The zero-order valence-corrected chi connectivity index (χ0v) is 27.6. The Morgan fingerprint density at radius 2 is 1.75 bits per heavy atom. The molecule has 0 unspecified atom stereocenters. The van der Waals surface area contributed by atoms with Crippen molar-refractivity contribution >= 4 is 43.5 Å². The molecule has 5 N–H and O–H groups in total. The summed E-state index contributed by atoms with van der Waals surface area (Å²) in [6.07, 6.45) is 4.59. The molecule has 0 aliphatic carbocycles. The quantitative estimate of drug-likeness (QED) is 0.131. The van der Waals surface area contributed by atoms with E-state index in [4.69, 9.17) is 5.73 Å². The number of nitrogens with two attached hydrogens (primary N) is 1. The number of rotatable bonds is 16. The number of carbonyl (C=O) groups is 2. The van der Waals surface area contributed by atoms with E-state index in [2.05, 4.69) is 36.5 Å². The van der Waals surface area contributed by atoms with Crippen molar-refractivity contribution in [3.63, 3.8) is 0 Å². The summed E-state index contributed by atoms with van der Waals surface area (Å²) in [5.74, 6) is -0.835. The maximum Gasteiger partial charge on any atom is 0.272 e. The number of halogens is 1. The molecule has 0 bridgehead atoms. The van der Waals surface area contributed by atoms with Gasteiger partial charge < -0.3 is 21.5 Å². The van der Waals surface area contributed by atoms with Crippen LogP contribution in [0.2, 0.25) is 0 Å². The van der Waals surface area contributed by atoms with Gasteiger partial charge in [0.2, 0.25) is 15.9 Å². The molecule has 13 heteroatoms. The Labute approximate surface area is 267 Å². The third kappa shape index (κ3) is 10.1. The van der Waals surface area contributed by atoms with Gasteiger partial charge in [-0.1, -0.05) is 54.4 Å². The van der Waals surface area contributed by atoms with Crippen LogP contribution >= 0.6 is 15.9 Å². The van der Waals surface area contributed by atoms with E-state index < -0.39 is 28.0 Å². The second-order valence-corrected chi connectivity index (χ2v) is 13.8. The summed E-state index contributed by atoms with van der Waals surface area (Å²) in [5, 5.41) is 15.9. The predicted octanol–water partition coefficient (Wildman–Crippen LogP) is 3.47. The maximum absolute atomic E-state index is 13.5. The molecule has 3 rings (SSSR count). The highest BCUT2D eigenvalue weighted by molar-refractivity contribution is 9.10. The summed E-state index contributed by atoms with van der Waals surface area (Å²) in [5.41, 5.74) is 7.83. The Hall–Kier alpha value is -3.39. The van der Waals surface area contributed by atoms with Crippen molar-refractivity contribution in [3.8, 4) is 0 Å². The average Bonchev–Trinajstić information content (AvgIpc) is 2.99. The van der Waals surface area contributed by atoms with Gasteiger partial charge in [0.25, 0.3) is 5.91 Å². The number of benzene rings is 2. The lowest BCUT2D eigenvalue weighted by molar-refractivity contribution is -0.122. The van der Waals surface area contributed by atoms with E-state index >= 15 is 0 Å². The van der Waals surface area contributed by atoms with Gasteiger partial charge in [-0.3, -0.25) is 14.6 Å². The number of amides is 2. The first-order chi connectivity index (χ1) is 20.9. The molecule has 0 saturated carbocycles. The third-order valence-corrected chi connectivity index (χ3v) is 9.64. The van der Waals surface area contributed by atoms with Gasteiger partial charge in [-0.05, 0) is 61.6 Å². The maximum atomic E-state index is 13.5. The van der Waals surface area contributed by atoms with Crippen LogP contribution in [0.5, 0.6) is 0 Å². The average molecular weight is 690 g/mol. The van der Waals surface area contributed by atoms with Crippen LogP contribution in [0.4, 0.5) is 5.69 Å². The van der Waals surface area contributed by atoms with Crippen LogP contribution in [0.15, 0.2) is 70.3 Å². The summed E-state index contributed by atoms with van der Waals surface area (Å²) in [6.45, 7) is 5.82. The fraction of sp³-hybridized carbons (Fsp3) is 0.419. The first-order valence-corrected chi connectivity index (χ1v) is 16.7. The number of anilines is 1. The number of aryl methyl sites for hydroxylation is 1. The number of aliphatic hydroxyl groups excluding tert-OH is 1. The normalized spacial score (nSPS) is 13.1. The summed E-state index contributed by atoms with van der Waals surface area (Å²) < 4.78 is 29.1. The molecule has 2 amide bonds. The van der Waals surface area contributed by atoms with Crippen molar-refractivity contribution in [1.29, 1.82) is 0 Å². The number of nitrogen functional groups attached to an aromatic ring is 1. The topological polar surface area (TPSA) is 168 Å². The van der Waals surface area contributed by atoms with Gasteiger partial charge >= 0.3 is 0 Å². The van der Waals surface area contributed by atoms with Gasteiger partial charge in [0.1, 0.15) is 11.7 Å². The molecule has 0 fully saturated rings. The molecule has 0 aliphatic rings. The molecule has 3 aromatic rings. The van der Waals surface area contributed by atoms with Crippen LogP contribution in [0, 0.1) is 12.8 Å². The first kappa shape index (κ1) is 35.1. The van der Waals surface area contributed by atoms with Crippen molar-refractivity contribution in [2.24, 2.45) is 5.92 Å². The number of sulfonamides is 1. The molecule has 11 nitrogen and oxygen atoms in total. The molecule has 44 heavy (non-hydrogen) atoms. The molecule has 0 aliphatic heterocycles.